The molecule has 1 saturated carbocycles. The number of nitrogens with zero attached hydrogens (tertiary/aromatic N) is 5. The van der Waals surface area contributed by atoms with Crippen molar-refractivity contribution in [3.05, 3.63) is 89.5 Å². The van der Waals surface area contributed by atoms with Gasteiger partial charge in [0.05, 0.1) is 5.54 Å². The van der Waals surface area contributed by atoms with Crippen molar-refractivity contribution in [3.63, 3.8) is 0 Å². The summed E-state index contributed by atoms with van der Waals surface area (Å²) in [5.41, 5.74) is 6.01. The van der Waals surface area contributed by atoms with Crippen LogP contribution < -0.4 is 10.6 Å². The molecule has 3 heterocycles. The molecular formula is C30H33N7O2. The van der Waals surface area contributed by atoms with E-state index in [0.29, 0.717) is 6.54 Å². The van der Waals surface area contributed by atoms with Gasteiger partial charge in [-0.2, -0.15) is 0 Å². The predicted octanol–water partition coefficient (Wildman–Crippen LogP) is 4.07. The van der Waals surface area contributed by atoms with Crippen molar-refractivity contribution in [3.8, 4) is 11.4 Å². The Labute approximate surface area is 227 Å². The summed E-state index contributed by atoms with van der Waals surface area (Å²) in [5.74, 6) is 0.697. The van der Waals surface area contributed by atoms with Crippen LogP contribution in [-0.2, 0) is 37.0 Å². The molecule has 2 aliphatic rings. The number of carbonyl (C=O) groups excluding carboxylic acids is 2. The second kappa shape index (κ2) is 10.1. The third-order valence-electron chi connectivity index (χ3n) is 8.09. The van der Waals surface area contributed by atoms with E-state index in [1.54, 1.807) is 6.33 Å². The van der Waals surface area contributed by atoms with E-state index >= 15 is 0 Å². The highest BCUT2D eigenvalue weighted by atomic mass is 16.2. The lowest BCUT2D eigenvalue weighted by Crippen LogP contribution is -2.56. The van der Waals surface area contributed by atoms with Crippen molar-refractivity contribution < 1.29 is 9.59 Å². The first kappa shape index (κ1) is 25.1. The first-order valence-electron chi connectivity index (χ1n) is 13.5. The highest BCUT2D eigenvalue weighted by Crippen LogP contribution is 2.49. The summed E-state index contributed by atoms with van der Waals surface area (Å²) in [7, 11) is 1.95. The Morgan fingerprint density at radius 3 is 2.33 bits per heavy atom. The topological polar surface area (TPSA) is 97.1 Å². The minimum Gasteiger partial charge on any atom is -0.347 e. The number of anilines is 1. The van der Waals surface area contributed by atoms with Crippen molar-refractivity contribution in [2.24, 2.45) is 7.05 Å². The fourth-order valence-corrected chi connectivity index (χ4v) is 5.93. The molecule has 2 N–H and O–H groups in total. The summed E-state index contributed by atoms with van der Waals surface area (Å²) in [6.07, 6.45) is 5.13. The van der Waals surface area contributed by atoms with E-state index in [0.717, 1.165) is 60.8 Å². The van der Waals surface area contributed by atoms with E-state index in [1.165, 1.54) is 24.6 Å². The molecule has 1 fully saturated rings. The molecule has 39 heavy (non-hydrogen) atoms. The Balaban J connectivity index is 1.14. The van der Waals surface area contributed by atoms with Gasteiger partial charge in [0.15, 0.2) is 5.82 Å². The van der Waals surface area contributed by atoms with E-state index in [1.807, 2.05) is 41.9 Å². The lowest BCUT2D eigenvalue weighted by atomic mass is 9.71. The molecule has 2 amide bonds. The molecule has 0 saturated heterocycles. The molecule has 0 unspecified atom stereocenters. The van der Waals surface area contributed by atoms with Crippen LogP contribution in [0.3, 0.4) is 0 Å². The minimum atomic E-state index is -0.104. The van der Waals surface area contributed by atoms with Crippen LogP contribution in [0.5, 0.6) is 0 Å². The lowest BCUT2D eigenvalue weighted by Gasteiger charge is -2.53. The number of benzene rings is 2. The molecule has 0 radical (unpaired) electrons. The third kappa shape index (κ3) is 4.74. The number of amides is 2. The summed E-state index contributed by atoms with van der Waals surface area (Å²) in [6.45, 7) is 4.48. The zero-order valence-electron chi connectivity index (χ0n) is 22.4. The van der Waals surface area contributed by atoms with Gasteiger partial charge in [-0.05, 0) is 54.7 Å². The average molecular weight is 524 g/mol. The second-order valence-electron chi connectivity index (χ2n) is 10.6. The maximum absolute atomic E-state index is 13.2. The zero-order chi connectivity index (χ0) is 27.0. The van der Waals surface area contributed by atoms with E-state index in [-0.39, 0.29) is 17.4 Å². The van der Waals surface area contributed by atoms with Gasteiger partial charge < -0.3 is 19.8 Å². The van der Waals surface area contributed by atoms with Gasteiger partial charge in [0.25, 0.3) is 5.91 Å². The fourth-order valence-electron chi connectivity index (χ4n) is 5.93. The standard InChI is InChI=1S/C30H33N7O2/c1-21(38)33-25-10-6-22(7-11-25)18-31-29(39)26-12-13-27-30(14-3-15-30)36(16-17-37(26)27)19-23-4-8-24(9-5-23)28-34-32-20-35(28)2/h4-13,20H,3,14-19H2,1-2H3,(H,31,39)(H,33,38). The summed E-state index contributed by atoms with van der Waals surface area (Å²) in [4.78, 5) is 27.0. The van der Waals surface area contributed by atoms with Crippen LogP contribution in [-0.4, -0.2) is 42.6 Å². The molecule has 1 aliphatic carbocycles. The van der Waals surface area contributed by atoms with Gasteiger partial charge in [-0.1, -0.05) is 36.4 Å². The van der Waals surface area contributed by atoms with E-state index in [9.17, 15) is 9.59 Å². The second-order valence-corrected chi connectivity index (χ2v) is 10.6. The number of nitrogens with one attached hydrogen (secondary N) is 2. The Morgan fingerprint density at radius 1 is 0.949 bits per heavy atom. The molecule has 200 valence electrons. The van der Waals surface area contributed by atoms with Gasteiger partial charge in [0.1, 0.15) is 12.0 Å². The molecule has 0 atom stereocenters. The Bertz CT molecular complexity index is 1500. The highest BCUT2D eigenvalue weighted by Gasteiger charge is 2.48. The Hall–Kier alpha value is -4.24. The van der Waals surface area contributed by atoms with Crippen LogP contribution >= 0.6 is 0 Å². The van der Waals surface area contributed by atoms with Gasteiger partial charge in [-0.15, -0.1) is 10.2 Å². The van der Waals surface area contributed by atoms with Crippen LogP contribution in [0.15, 0.2) is 67.0 Å². The number of carbonyl (C=O) groups is 2. The number of hydrogen-bond donors (Lipinski definition) is 2. The van der Waals surface area contributed by atoms with Crippen LogP contribution in [0, 0.1) is 0 Å². The van der Waals surface area contributed by atoms with Crippen LogP contribution in [0.2, 0.25) is 0 Å². The SMILES string of the molecule is CC(=O)Nc1ccc(CNC(=O)c2ccc3n2CCN(Cc2ccc(-c4nncn4C)cc2)C32CCC2)cc1. The summed E-state index contributed by atoms with van der Waals surface area (Å²) < 4.78 is 4.15. The van der Waals surface area contributed by atoms with Crippen LogP contribution in [0.25, 0.3) is 11.4 Å². The van der Waals surface area contributed by atoms with Crippen molar-refractivity contribution in [2.75, 3.05) is 11.9 Å². The van der Waals surface area contributed by atoms with E-state index in [4.69, 9.17) is 0 Å². The quantitative estimate of drug-likeness (QED) is 0.381. The van der Waals surface area contributed by atoms with Crippen molar-refractivity contribution >= 4 is 17.5 Å². The molecule has 0 bridgehead atoms. The summed E-state index contributed by atoms with van der Waals surface area (Å²) in [5, 5.41) is 14.0. The maximum Gasteiger partial charge on any atom is 0.268 e. The smallest absolute Gasteiger partial charge is 0.268 e. The third-order valence-corrected chi connectivity index (χ3v) is 8.09. The van der Waals surface area contributed by atoms with Gasteiger partial charge in [-0.25, -0.2) is 0 Å². The molecule has 1 aliphatic heterocycles. The molecule has 2 aromatic carbocycles. The van der Waals surface area contributed by atoms with Crippen molar-refractivity contribution in [1.29, 1.82) is 0 Å². The molecule has 9 heteroatoms. The molecule has 4 aromatic rings. The lowest BCUT2D eigenvalue weighted by molar-refractivity contribution is -0.114. The molecule has 6 rings (SSSR count). The predicted molar refractivity (Wildman–Crippen MR) is 149 cm³/mol. The van der Waals surface area contributed by atoms with Crippen molar-refractivity contribution in [2.45, 2.75) is 51.4 Å². The number of fused-ring (bicyclic) bond motifs is 2. The first-order valence-corrected chi connectivity index (χ1v) is 13.5. The molecule has 9 nitrogen and oxygen atoms in total. The minimum absolute atomic E-state index is 0.0153. The first-order chi connectivity index (χ1) is 18.9. The monoisotopic (exact) mass is 523 g/mol. The van der Waals surface area contributed by atoms with Gasteiger partial charge in [0, 0.05) is 57.1 Å². The number of aromatic nitrogens is 4. The summed E-state index contributed by atoms with van der Waals surface area (Å²) >= 11 is 0. The Morgan fingerprint density at radius 2 is 1.69 bits per heavy atom. The molecule has 1 spiro atoms. The number of hydrogen-bond acceptors (Lipinski definition) is 5. The maximum atomic E-state index is 13.2. The van der Waals surface area contributed by atoms with Gasteiger partial charge in [0.2, 0.25) is 5.91 Å². The molecule has 2 aromatic heterocycles. The average Bonchev–Trinajstić information content (AvgIpc) is 3.53. The van der Waals surface area contributed by atoms with E-state index < -0.39 is 0 Å². The Kier molecular flexibility index (Phi) is 6.52. The molecular weight excluding hydrogens is 490 g/mol. The van der Waals surface area contributed by atoms with Crippen LogP contribution in [0.4, 0.5) is 5.69 Å². The van der Waals surface area contributed by atoms with Gasteiger partial charge >= 0.3 is 0 Å². The van der Waals surface area contributed by atoms with Gasteiger partial charge in [-0.3, -0.25) is 14.5 Å². The fraction of sp³-hybridized carbons (Fsp3) is 0.333. The van der Waals surface area contributed by atoms with Crippen molar-refractivity contribution in [1.82, 2.24) is 29.5 Å². The number of aryl methyl sites for hydroxylation is 1. The normalized spacial score (nSPS) is 15.9. The zero-order valence-corrected chi connectivity index (χ0v) is 22.4. The van der Waals surface area contributed by atoms with E-state index in [2.05, 4.69) is 60.6 Å². The van der Waals surface area contributed by atoms with Crippen LogP contribution in [0.1, 0.15) is 53.5 Å². The summed E-state index contributed by atoms with van der Waals surface area (Å²) in [6, 6.07) is 20.3. The largest absolute Gasteiger partial charge is 0.347 e. The highest BCUT2D eigenvalue weighted by molar-refractivity contribution is 5.93. The number of rotatable bonds is 7.